The van der Waals surface area contributed by atoms with Crippen molar-refractivity contribution >= 4 is 24.1 Å². The minimum Gasteiger partial charge on any atom is -0.455 e. The largest absolute Gasteiger partial charge is 0.455 e. The van der Waals surface area contributed by atoms with Crippen molar-refractivity contribution < 1.29 is 9.34 Å². The maximum Gasteiger partial charge on any atom is 0.270 e. The molecule has 0 aliphatic rings. The van der Waals surface area contributed by atoms with Gasteiger partial charge in [0.05, 0.1) is 11.1 Å². The summed E-state index contributed by atoms with van der Waals surface area (Å²) in [7, 11) is 0. The lowest BCUT2D eigenvalue weighted by atomic mass is 10.1. The molecule has 0 atom stereocenters. The summed E-state index contributed by atoms with van der Waals surface area (Å²) < 4.78 is 7.61. The first-order valence-electron chi connectivity index (χ1n) is 8.65. The molecule has 8 nitrogen and oxygen atoms in total. The molecule has 9 heteroatoms. The van der Waals surface area contributed by atoms with Gasteiger partial charge in [-0.05, 0) is 31.3 Å². The zero-order valence-corrected chi connectivity index (χ0v) is 16.1. The maximum absolute atomic E-state index is 11.0. The standard InChI is InChI=1S/C20H15N5O3S/c1-13-5-7-14(8-6-13)19-22-23-20(29)24(19)21-12-17-9-10-18(28-17)15-3-2-4-16(11-15)25(26)27/h2-12H,1H3,(H,23,29)/b21-12+. The Morgan fingerprint density at radius 1 is 1.17 bits per heavy atom. The number of aromatic amines is 1. The molecule has 4 rings (SSSR count). The van der Waals surface area contributed by atoms with Crippen molar-refractivity contribution in [3.8, 4) is 22.7 Å². The minimum absolute atomic E-state index is 0.00144. The summed E-state index contributed by atoms with van der Waals surface area (Å²) >= 11 is 5.27. The first-order valence-corrected chi connectivity index (χ1v) is 9.05. The Bertz CT molecular complexity index is 1270. The van der Waals surface area contributed by atoms with Gasteiger partial charge in [0.1, 0.15) is 11.5 Å². The van der Waals surface area contributed by atoms with Crippen molar-refractivity contribution in [1.29, 1.82) is 0 Å². The summed E-state index contributed by atoms with van der Waals surface area (Å²) in [6.45, 7) is 2.01. The number of aryl methyl sites for hydroxylation is 1. The van der Waals surface area contributed by atoms with Gasteiger partial charge in [0.15, 0.2) is 5.82 Å². The summed E-state index contributed by atoms with van der Waals surface area (Å²) in [5.41, 5.74) is 2.62. The van der Waals surface area contributed by atoms with E-state index >= 15 is 0 Å². The van der Waals surface area contributed by atoms with Crippen LogP contribution in [0.25, 0.3) is 22.7 Å². The molecule has 4 aromatic rings. The third-order valence-corrected chi connectivity index (χ3v) is 4.49. The molecule has 0 aliphatic carbocycles. The number of hydrogen-bond acceptors (Lipinski definition) is 6. The number of non-ortho nitro benzene ring substituents is 1. The van der Waals surface area contributed by atoms with Crippen LogP contribution >= 0.6 is 12.2 Å². The van der Waals surface area contributed by atoms with Crippen molar-refractivity contribution in [2.75, 3.05) is 0 Å². The fourth-order valence-electron chi connectivity index (χ4n) is 2.75. The number of nitrogens with zero attached hydrogens (tertiary/aromatic N) is 4. The first kappa shape index (κ1) is 18.5. The number of rotatable bonds is 5. The van der Waals surface area contributed by atoms with Crippen LogP contribution in [0.2, 0.25) is 0 Å². The molecule has 2 heterocycles. The highest BCUT2D eigenvalue weighted by molar-refractivity contribution is 7.71. The van der Waals surface area contributed by atoms with Crippen LogP contribution in [0.1, 0.15) is 11.3 Å². The van der Waals surface area contributed by atoms with Gasteiger partial charge < -0.3 is 4.42 Å². The second-order valence-corrected chi connectivity index (χ2v) is 6.67. The average Bonchev–Trinajstić information content (AvgIpc) is 3.34. The molecular weight excluding hydrogens is 390 g/mol. The van der Waals surface area contributed by atoms with Crippen LogP contribution in [0.5, 0.6) is 0 Å². The van der Waals surface area contributed by atoms with Crippen LogP contribution in [0, 0.1) is 21.8 Å². The fourth-order valence-corrected chi connectivity index (χ4v) is 2.93. The van der Waals surface area contributed by atoms with Gasteiger partial charge >= 0.3 is 0 Å². The van der Waals surface area contributed by atoms with E-state index in [4.69, 9.17) is 16.6 Å². The predicted molar refractivity (Wildman–Crippen MR) is 111 cm³/mol. The van der Waals surface area contributed by atoms with E-state index in [1.807, 2.05) is 31.2 Å². The summed E-state index contributed by atoms with van der Waals surface area (Å²) in [5, 5.41) is 22.3. The van der Waals surface area contributed by atoms with E-state index in [9.17, 15) is 10.1 Å². The van der Waals surface area contributed by atoms with E-state index in [1.165, 1.54) is 23.0 Å². The van der Waals surface area contributed by atoms with E-state index in [0.717, 1.165) is 11.1 Å². The second kappa shape index (κ2) is 7.64. The fraction of sp³-hybridized carbons (Fsp3) is 0.0500. The van der Waals surface area contributed by atoms with Crippen molar-refractivity contribution in [3.63, 3.8) is 0 Å². The van der Waals surface area contributed by atoms with E-state index in [-0.39, 0.29) is 5.69 Å². The Morgan fingerprint density at radius 2 is 1.97 bits per heavy atom. The number of nitro groups is 1. The molecular formula is C20H15N5O3S. The molecule has 0 radical (unpaired) electrons. The van der Waals surface area contributed by atoms with Crippen LogP contribution < -0.4 is 0 Å². The molecule has 0 amide bonds. The Morgan fingerprint density at radius 3 is 2.72 bits per heavy atom. The zero-order valence-electron chi connectivity index (χ0n) is 15.3. The molecule has 29 heavy (non-hydrogen) atoms. The molecule has 0 aliphatic heterocycles. The number of nitro benzene ring substituents is 1. The SMILES string of the molecule is Cc1ccc(-c2n[nH]c(=S)n2/N=C/c2ccc(-c3cccc([N+](=O)[O-])c3)o2)cc1. The summed E-state index contributed by atoms with van der Waals surface area (Å²) in [4.78, 5) is 10.5. The topological polar surface area (TPSA) is 102 Å². The van der Waals surface area contributed by atoms with Crippen LogP contribution in [0.3, 0.4) is 0 Å². The van der Waals surface area contributed by atoms with Gasteiger partial charge in [-0.1, -0.05) is 42.0 Å². The Kier molecular flexibility index (Phi) is 4.88. The van der Waals surface area contributed by atoms with E-state index in [2.05, 4.69) is 15.3 Å². The molecule has 1 N–H and O–H groups in total. The molecule has 2 aromatic heterocycles. The quantitative estimate of drug-likeness (QED) is 0.219. The molecule has 0 fully saturated rings. The van der Waals surface area contributed by atoms with Crippen LogP contribution in [0.15, 0.2) is 70.2 Å². The smallest absolute Gasteiger partial charge is 0.270 e. The number of aromatic nitrogens is 3. The normalized spacial score (nSPS) is 11.2. The first-order chi connectivity index (χ1) is 14.0. The van der Waals surface area contributed by atoms with Gasteiger partial charge in [0.25, 0.3) is 5.69 Å². The van der Waals surface area contributed by atoms with Crippen molar-refractivity contribution in [3.05, 3.63) is 86.9 Å². The summed E-state index contributed by atoms with van der Waals surface area (Å²) in [5.74, 6) is 1.56. The highest BCUT2D eigenvalue weighted by Gasteiger charge is 2.11. The molecule has 0 unspecified atom stereocenters. The van der Waals surface area contributed by atoms with Gasteiger partial charge in [0, 0.05) is 23.3 Å². The Labute approximate surface area is 170 Å². The highest BCUT2D eigenvalue weighted by Crippen LogP contribution is 2.25. The monoisotopic (exact) mass is 405 g/mol. The zero-order chi connectivity index (χ0) is 20.4. The van der Waals surface area contributed by atoms with Gasteiger partial charge in [0.2, 0.25) is 4.77 Å². The lowest BCUT2D eigenvalue weighted by molar-refractivity contribution is -0.384. The average molecular weight is 405 g/mol. The Hall–Kier alpha value is -3.85. The van der Waals surface area contributed by atoms with Gasteiger partial charge in [-0.3, -0.25) is 10.1 Å². The van der Waals surface area contributed by atoms with E-state index < -0.39 is 4.92 Å². The molecule has 144 valence electrons. The number of nitrogens with one attached hydrogen (secondary N) is 1. The number of hydrogen-bond donors (Lipinski definition) is 1. The second-order valence-electron chi connectivity index (χ2n) is 6.28. The van der Waals surface area contributed by atoms with Crippen LogP contribution in [0.4, 0.5) is 5.69 Å². The minimum atomic E-state index is -0.442. The number of furan rings is 1. The van der Waals surface area contributed by atoms with Crippen molar-refractivity contribution in [1.82, 2.24) is 14.9 Å². The predicted octanol–water partition coefficient (Wildman–Crippen LogP) is 4.97. The van der Waals surface area contributed by atoms with E-state index in [0.29, 0.717) is 27.7 Å². The Balaban J connectivity index is 1.62. The highest BCUT2D eigenvalue weighted by atomic mass is 32.1. The summed E-state index contributed by atoms with van der Waals surface area (Å²) in [6, 6.07) is 17.6. The summed E-state index contributed by atoms with van der Waals surface area (Å²) in [6.07, 6.45) is 1.52. The molecule has 0 saturated heterocycles. The molecule has 0 saturated carbocycles. The number of benzene rings is 2. The number of H-pyrrole nitrogens is 1. The lowest BCUT2D eigenvalue weighted by Crippen LogP contribution is -1.94. The van der Waals surface area contributed by atoms with Crippen LogP contribution in [-0.4, -0.2) is 26.0 Å². The van der Waals surface area contributed by atoms with E-state index in [1.54, 1.807) is 24.3 Å². The van der Waals surface area contributed by atoms with Crippen molar-refractivity contribution in [2.24, 2.45) is 5.10 Å². The molecule has 0 bridgehead atoms. The third kappa shape index (κ3) is 3.90. The van der Waals surface area contributed by atoms with Crippen LogP contribution in [-0.2, 0) is 0 Å². The molecule has 2 aromatic carbocycles. The third-order valence-electron chi connectivity index (χ3n) is 4.23. The van der Waals surface area contributed by atoms with Gasteiger partial charge in [-0.15, -0.1) is 0 Å². The van der Waals surface area contributed by atoms with Gasteiger partial charge in [-0.2, -0.15) is 14.9 Å². The molecule has 0 spiro atoms. The van der Waals surface area contributed by atoms with Gasteiger partial charge in [-0.25, -0.2) is 5.10 Å². The lowest BCUT2D eigenvalue weighted by Gasteiger charge is -2.01. The van der Waals surface area contributed by atoms with Crippen molar-refractivity contribution in [2.45, 2.75) is 6.92 Å². The maximum atomic E-state index is 11.0.